The minimum Gasteiger partial charge on any atom is -0.465 e. The van der Waals surface area contributed by atoms with Crippen molar-refractivity contribution in [3.63, 3.8) is 0 Å². The van der Waals surface area contributed by atoms with Gasteiger partial charge in [0.15, 0.2) is 0 Å². The fourth-order valence-corrected chi connectivity index (χ4v) is 0.663. The van der Waals surface area contributed by atoms with Crippen LogP contribution in [0.25, 0.3) is 0 Å². The molecule has 1 unspecified atom stereocenters. The van der Waals surface area contributed by atoms with Gasteiger partial charge >= 0.3 is 5.97 Å². The number of aliphatic hydroxyl groups excluding tert-OH is 1. The number of ether oxygens (including phenoxy) is 1. The highest BCUT2D eigenvalue weighted by Crippen LogP contribution is 1.93. The van der Waals surface area contributed by atoms with E-state index in [9.17, 15) is 4.79 Å². The lowest BCUT2D eigenvalue weighted by Gasteiger charge is -2.06. The van der Waals surface area contributed by atoms with Gasteiger partial charge in [-0.25, -0.2) is 0 Å². The van der Waals surface area contributed by atoms with E-state index in [1.54, 1.807) is 19.1 Å². The number of nitrogens with two attached hydrogens (primary N) is 1. The Morgan fingerprint density at radius 2 is 2.33 bits per heavy atom. The van der Waals surface area contributed by atoms with Crippen molar-refractivity contribution in [2.24, 2.45) is 5.73 Å². The van der Waals surface area contributed by atoms with Crippen LogP contribution in [0.2, 0.25) is 0 Å². The summed E-state index contributed by atoms with van der Waals surface area (Å²) in [6.45, 7) is 2.04. The first kappa shape index (κ1) is 11.1. The Morgan fingerprint density at radius 1 is 1.67 bits per heavy atom. The molecule has 4 nitrogen and oxygen atoms in total. The minimum atomic E-state index is -0.618. The third-order valence-corrected chi connectivity index (χ3v) is 1.25. The smallest absolute Gasteiger partial charge is 0.323 e. The molecule has 4 heteroatoms. The topological polar surface area (TPSA) is 72.5 Å². The first-order valence-corrected chi connectivity index (χ1v) is 3.90. The zero-order chi connectivity index (χ0) is 9.40. The predicted molar refractivity (Wildman–Crippen MR) is 45.5 cm³/mol. The molecule has 70 valence electrons. The molecule has 0 aliphatic heterocycles. The Labute approximate surface area is 72.0 Å². The number of esters is 1. The van der Waals surface area contributed by atoms with E-state index in [4.69, 9.17) is 10.8 Å². The zero-order valence-corrected chi connectivity index (χ0v) is 7.19. The maximum absolute atomic E-state index is 10.9. The van der Waals surface area contributed by atoms with Crippen molar-refractivity contribution in [2.45, 2.75) is 19.4 Å². The second kappa shape index (κ2) is 6.82. The number of aliphatic hydroxyl groups is 1. The molecular formula is C8H15NO3. The first-order chi connectivity index (χ1) is 5.72. The summed E-state index contributed by atoms with van der Waals surface area (Å²) in [7, 11) is 0. The summed E-state index contributed by atoms with van der Waals surface area (Å²) in [5, 5.41) is 8.38. The zero-order valence-electron chi connectivity index (χ0n) is 7.19. The van der Waals surface area contributed by atoms with E-state index in [0.29, 0.717) is 13.0 Å². The molecule has 0 heterocycles. The monoisotopic (exact) mass is 173 g/mol. The van der Waals surface area contributed by atoms with Gasteiger partial charge in [0.1, 0.15) is 6.04 Å². The van der Waals surface area contributed by atoms with Crippen LogP contribution in [0.1, 0.15) is 13.3 Å². The summed E-state index contributed by atoms with van der Waals surface area (Å²) in [5.41, 5.74) is 5.44. The van der Waals surface area contributed by atoms with Gasteiger partial charge in [0.2, 0.25) is 0 Å². The largest absolute Gasteiger partial charge is 0.465 e. The number of carbonyl (C=O) groups excluding carboxylic acids is 1. The second-order valence-corrected chi connectivity index (χ2v) is 2.25. The van der Waals surface area contributed by atoms with Crippen molar-refractivity contribution in [2.75, 3.05) is 13.2 Å². The number of hydrogen-bond acceptors (Lipinski definition) is 4. The Bertz CT molecular complexity index is 156. The van der Waals surface area contributed by atoms with Crippen LogP contribution in [0.4, 0.5) is 0 Å². The Morgan fingerprint density at radius 3 is 2.83 bits per heavy atom. The summed E-state index contributed by atoms with van der Waals surface area (Å²) in [5.74, 6) is -0.403. The molecule has 0 fully saturated rings. The molecule has 0 amide bonds. The van der Waals surface area contributed by atoms with E-state index in [0.717, 1.165) is 0 Å². The molecule has 0 aromatic rings. The van der Waals surface area contributed by atoms with Crippen LogP contribution in [0.15, 0.2) is 12.2 Å². The summed E-state index contributed by atoms with van der Waals surface area (Å²) in [6, 6.07) is -0.618. The normalized spacial score (nSPS) is 13.2. The SMILES string of the molecule is CCOC(=O)C(N)C/C=C\CO. The third kappa shape index (κ3) is 4.87. The molecule has 0 saturated carbocycles. The molecule has 3 N–H and O–H groups in total. The Kier molecular flexibility index (Phi) is 6.32. The highest BCUT2D eigenvalue weighted by atomic mass is 16.5. The molecule has 0 spiro atoms. The van der Waals surface area contributed by atoms with Crippen molar-refractivity contribution in [3.05, 3.63) is 12.2 Å². The molecule has 0 rings (SSSR count). The van der Waals surface area contributed by atoms with Crippen LogP contribution in [-0.4, -0.2) is 30.3 Å². The quantitative estimate of drug-likeness (QED) is 0.446. The van der Waals surface area contributed by atoms with Gasteiger partial charge in [-0.15, -0.1) is 0 Å². The lowest BCUT2D eigenvalue weighted by Crippen LogP contribution is -2.31. The summed E-state index contributed by atoms with van der Waals surface area (Å²) >= 11 is 0. The van der Waals surface area contributed by atoms with E-state index in [1.165, 1.54) is 0 Å². The minimum absolute atomic E-state index is 0.0322. The first-order valence-electron chi connectivity index (χ1n) is 3.90. The number of hydrogen-bond donors (Lipinski definition) is 2. The summed E-state index contributed by atoms with van der Waals surface area (Å²) in [4.78, 5) is 10.9. The predicted octanol–water partition coefficient (Wildman–Crippen LogP) is -0.185. The molecule has 0 aromatic heterocycles. The summed E-state index contributed by atoms with van der Waals surface area (Å²) < 4.78 is 4.67. The van der Waals surface area contributed by atoms with Gasteiger partial charge in [0.05, 0.1) is 13.2 Å². The van der Waals surface area contributed by atoms with Crippen molar-refractivity contribution in [1.29, 1.82) is 0 Å². The van der Waals surface area contributed by atoms with Crippen molar-refractivity contribution >= 4 is 5.97 Å². The highest BCUT2D eigenvalue weighted by molar-refractivity contribution is 5.75. The average Bonchev–Trinajstić information content (AvgIpc) is 2.05. The van der Waals surface area contributed by atoms with E-state index in [2.05, 4.69) is 4.74 Å². The van der Waals surface area contributed by atoms with Crippen LogP contribution < -0.4 is 5.73 Å². The van der Waals surface area contributed by atoms with Gasteiger partial charge in [-0.1, -0.05) is 12.2 Å². The van der Waals surface area contributed by atoms with Gasteiger partial charge in [-0.3, -0.25) is 4.79 Å². The molecule has 0 radical (unpaired) electrons. The molecule has 0 aromatic carbocycles. The molecular weight excluding hydrogens is 158 g/mol. The lowest BCUT2D eigenvalue weighted by molar-refractivity contribution is -0.144. The molecule has 0 aliphatic carbocycles. The van der Waals surface area contributed by atoms with Crippen molar-refractivity contribution < 1.29 is 14.6 Å². The molecule has 0 aliphatic rings. The fourth-order valence-electron chi connectivity index (χ4n) is 0.663. The second-order valence-electron chi connectivity index (χ2n) is 2.25. The standard InChI is InChI=1S/C8H15NO3/c1-2-12-8(11)7(9)5-3-4-6-10/h3-4,7,10H,2,5-6,9H2,1H3/b4-3-. The Balaban J connectivity index is 3.63. The van der Waals surface area contributed by atoms with Crippen LogP contribution in [0, 0.1) is 0 Å². The van der Waals surface area contributed by atoms with Crippen LogP contribution in [-0.2, 0) is 9.53 Å². The average molecular weight is 173 g/mol. The van der Waals surface area contributed by atoms with Gasteiger partial charge in [-0.05, 0) is 13.3 Å². The van der Waals surface area contributed by atoms with Crippen molar-refractivity contribution in [3.8, 4) is 0 Å². The van der Waals surface area contributed by atoms with Crippen LogP contribution in [0.5, 0.6) is 0 Å². The van der Waals surface area contributed by atoms with E-state index >= 15 is 0 Å². The Hall–Kier alpha value is -0.870. The maximum Gasteiger partial charge on any atom is 0.323 e. The molecule has 0 saturated heterocycles. The number of carbonyl (C=O) groups is 1. The number of rotatable bonds is 5. The molecule has 1 atom stereocenters. The van der Waals surface area contributed by atoms with E-state index in [1.807, 2.05) is 0 Å². The third-order valence-electron chi connectivity index (χ3n) is 1.25. The van der Waals surface area contributed by atoms with Gasteiger partial charge < -0.3 is 15.6 Å². The van der Waals surface area contributed by atoms with Crippen LogP contribution in [0.3, 0.4) is 0 Å². The van der Waals surface area contributed by atoms with Gasteiger partial charge in [0, 0.05) is 0 Å². The fraction of sp³-hybridized carbons (Fsp3) is 0.625. The maximum atomic E-state index is 10.9. The van der Waals surface area contributed by atoms with Gasteiger partial charge in [0.25, 0.3) is 0 Å². The van der Waals surface area contributed by atoms with E-state index < -0.39 is 12.0 Å². The van der Waals surface area contributed by atoms with E-state index in [-0.39, 0.29) is 6.61 Å². The molecule has 0 bridgehead atoms. The van der Waals surface area contributed by atoms with Crippen molar-refractivity contribution in [1.82, 2.24) is 0 Å². The van der Waals surface area contributed by atoms with Crippen LogP contribution >= 0.6 is 0 Å². The van der Waals surface area contributed by atoms with Gasteiger partial charge in [-0.2, -0.15) is 0 Å². The molecule has 12 heavy (non-hydrogen) atoms. The highest BCUT2D eigenvalue weighted by Gasteiger charge is 2.11. The summed E-state index contributed by atoms with van der Waals surface area (Å²) in [6.07, 6.45) is 3.60. The lowest BCUT2D eigenvalue weighted by atomic mass is 10.2.